The van der Waals surface area contributed by atoms with Crippen LogP contribution < -0.4 is 5.32 Å². The van der Waals surface area contributed by atoms with Crippen LogP contribution in [0.15, 0.2) is 24.3 Å². The number of amides is 1. The molecule has 3 heteroatoms. The van der Waals surface area contributed by atoms with E-state index in [4.69, 9.17) is 11.6 Å². The van der Waals surface area contributed by atoms with Gasteiger partial charge in [0.2, 0.25) is 0 Å². The summed E-state index contributed by atoms with van der Waals surface area (Å²) in [6, 6.07) is 7.14. The molecule has 1 aromatic carbocycles. The number of carbonyl (C=O) groups is 1. The molecule has 2 nitrogen and oxygen atoms in total. The Balaban J connectivity index is 2.16. The molecule has 0 radical (unpaired) electrons. The Hall–Kier alpha value is -1.02. The molecular formula is C15H22ClNO. The van der Waals surface area contributed by atoms with Gasteiger partial charge in [0.25, 0.3) is 5.91 Å². The largest absolute Gasteiger partial charge is 0.352 e. The number of carbonyl (C=O) groups excluding carboxylic acids is 1. The molecule has 0 fully saturated rings. The molecule has 0 aliphatic carbocycles. The van der Waals surface area contributed by atoms with Crippen LogP contribution in [0.25, 0.3) is 0 Å². The van der Waals surface area contributed by atoms with E-state index in [2.05, 4.69) is 12.2 Å². The highest BCUT2D eigenvalue weighted by atomic mass is 35.5. The Kier molecular flexibility index (Phi) is 7.51. The number of benzene rings is 1. The number of unbranched alkanes of at least 4 members (excludes halogenated alkanes) is 5. The number of nitrogens with one attached hydrogen (secondary N) is 1. The maximum absolute atomic E-state index is 11.8. The van der Waals surface area contributed by atoms with Gasteiger partial charge in [0.05, 0.1) is 10.6 Å². The van der Waals surface area contributed by atoms with E-state index in [1.165, 1.54) is 32.1 Å². The lowest BCUT2D eigenvalue weighted by atomic mass is 10.1. The third kappa shape index (κ3) is 5.54. The van der Waals surface area contributed by atoms with Crippen molar-refractivity contribution in [2.45, 2.75) is 45.4 Å². The third-order valence-electron chi connectivity index (χ3n) is 2.93. The zero-order valence-corrected chi connectivity index (χ0v) is 11.8. The van der Waals surface area contributed by atoms with Crippen LogP contribution in [0, 0.1) is 0 Å². The quantitative estimate of drug-likeness (QED) is 0.694. The van der Waals surface area contributed by atoms with Crippen LogP contribution in [-0.4, -0.2) is 12.5 Å². The smallest absolute Gasteiger partial charge is 0.252 e. The number of halogens is 1. The monoisotopic (exact) mass is 267 g/mol. The normalized spacial score (nSPS) is 10.3. The molecule has 0 aliphatic heterocycles. The first kappa shape index (κ1) is 15.0. The first-order valence-electron chi connectivity index (χ1n) is 6.78. The van der Waals surface area contributed by atoms with E-state index in [1.54, 1.807) is 12.1 Å². The molecule has 0 aliphatic rings. The fourth-order valence-electron chi connectivity index (χ4n) is 1.85. The summed E-state index contributed by atoms with van der Waals surface area (Å²) in [6.07, 6.45) is 7.36. The van der Waals surface area contributed by atoms with Crippen molar-refractivity contribution in [3.8, 4) is 0 Å². The van der Waals surface area contributed by atoms with Gasteiger partial charge in [0, 0.05) is 6.54 Å². The lowest BCUT2D eigenvalue weighted by Crippen LogP contribution is -2.24. The summed E-state index contributed by atoms with van der Waals surface area (Å²) in [4.78, 5) is 11.8. The molecule has 1 aromatic rings. The summed E-state index contributed by atoms with van der Waals surface area (Å²) < 4.78 is 0. The fourth-order valence-corrected chi connectivity index (χ4v) is 2.07. The van der Waals surface area contributed by atoms with Gasteiger partial charge < -0.3 is 5.32 Å². The second kappa shape index (κ2) is 8.98. The second-order valence-corrected chi connectivity index (χ2v) is 4.91. The van der Waals surface area contributed by atoms with Gasteiger partial charge in [-0.3, -0.25) is 4.79 Å². The third-order valence-corrected chi connectivity index (χ3v) is 3.26. The van der Waals surface area contributed by atoms with E-state index < -0.39 is 0 Å². The van der Waals surface area contributed by atoms with Gasteiger partial charge in [0.1, 0.15) is 0 Å². The zero-order chi connectivity index (χ0) is 13.2. The van der Waals surface area contributed by atoms with Gasteiger partial charge in [-0.25, -0.2) is 0 Å². The standard InChI is InChI=1S/C15H22ClNO/c1-2-3-4-5-6-9-12-17-15(18)13-10-7-8-11-14(13)16/h7-8,10-11H,2-6,9,12H2,1H3,(H,17,18). The molecule has 1 N–H and O–H groups in total. The van der Waals surface area contributed by atoms with Crippen molar-refractivity contribution in [2.75, 3.05) is 6.54 Å². The van der Waals surface area contributed by atoms with Crippen molar-refractivity contribution < 1.29 is 4.79 Å². The molecule has 0 heterocycles. The second-order valence-electron chi connectivity index (χ2n) is 4.50. The van der Waals surface area contributed by atoms with Crippen molar-refractivity contribution in [3.63, 3.8) is 0 Å². The molecule has 0 spiro atoms. The Morgan fingerprint density at radius 1 is 1.11 bits per heavy atom. The average Bonchev–Trinajstić information content (AvgIpc) is 2.38. The SMILES string of the molecule is CCCCCCCCNC(=O)c1ccccc1Cl. The van der Waals surface area contributed by atoms with Crippen LogP contribution in [0.2, 0.25) is 5.02 Å². The predicted molar refractivity (Wildman–Crippen MR) is 77.2 cm³/mol. The van der Waals surface area contributed by atoms with Crippen molar-refractivity contribution in [3.05, 3.63) is 34.9 Å². The van der Waals surface area contributed by atoms with Crippen LogP contribution >= 0.6 is 11.6 Å². The summed E-state index contributed by atoms with van der Waals surface area (Å²) in [5, 5.41) is 3.42. The van der Waals surface area contributed by atoms with Crippen molar-refractivity contribution in [1.29, 1.82) is 0 Å². The van der Waals surface area contributed by atoms with E-state index in [-0.39, 0.29) is 5.91 Å². The summed E-state index contributed by atoms with van der Waals surface area (Å²) >= 11 is 5.96. The van der Waals surface area contributed by atoms with E-state index in [9.17, 15) is 4.79 Å². The van der Waals surface area contributed by atoms with Gasteiger partial charge in [-0.05, 0) is 18.6 Å². The molecule has 0 bridgehead atoms. The minimum atomic E-state index is -0.0749. The minimum Gasteiger partial charge on any atom is -0.352 e. The highest BCUT2D eigenvalue weighted by molar-refractivity contribution is 6.33. The lowest BCUT2D eigenvalue weighted by molar-refractivity contribution is 0.0953. The first-order valence-corrected chi connectivity index (χ1v) is 7.16. The van der Waals surface area contributed by atoms with E-state index in [1.807, 2.05) is 12.1 Å². The maximum Gasteiger partial charge on any atom is 0.252 e. The van der Waals surface area contributed by atoms with Crippen molar-refractivity contribution in [1.82, 2.24) is 5.32 Å². The van der Waals surface area contributed by atoms with Crippen LogP contribution in [0.4, 0.5) is 0 Å². The molecule has 0 unspecified atom stereocenters. The molecule has 0 saturated heterocycles. The predicted octanol–water partition coefficient (Wildman–Crippen LogP) is 4.43. The van der Waals surface area contributed by atoms with E-state index in [0.29, 0.717) is 10.6 Å². The molecule has 18 heavy (non-hydrogen) atoms. The molecule has 100 valence electrons. The van der Waals surface area contributed by atoms with Crippen LogP contribution in [0.3, 0.4) is 0 Å². The van der Waals surface area contributed by atoms with Crippen LogP contribution in [0.5, 0.6) is 0 Å². The van der Waals surface area contributed by atoms with Crippen molar-refractivity contribution >= 4 is 17.5 Å². The Bertz CT molecular complexity index is 365. The van der Waals surface area contributed by atoms with Crippen molar-refractivity contribution in [2.24, 2.45) is 0 Å². The fraction of sp³-hybridized carbons (Fsp3) is 0.533. The highest BCUT2D eigenvalue weighted by Gasteiger charge is 2.07. The number of hydrogen-bond acceptors (Lipinski definition) is 1. The van der Waals surface area contributed by atoms with Crippen LogP contribution in [-0.2, 0) is 0 Å². The molecular weight excluding hydrogens is 246 g/mol. The van der Waals surface area contributed by atoms with Gasteiger partial charge >= 0.3 is 0 Å². The first-order chi connectivity index (χ1) is 8.75. The number of rotatable bonds is 8. The molecule has 1 rings (SSSR count). The van der Waals surface area contributed by atoms with E-state index in [0.717, 1.165) is 13.0 Å². The maximum atomic E-state index is 11.8. The van der Waals surface area contributed by atoms with Gasteiger partial charge in [0.15, 0.2) is 0 Å². The van der Waals surface area contributed by atoms with Gasteiger partial charge in [-0.2, -0.15) is 0 Å². The average molecular weight is 268 g/mol. The zero-order valence-electron chi connectivity index (χ0n) is 11.0. The summed E-state index contributed by atoms with van der Waals surface area (Å²) in [7, 11) is 0. The molecule has 0 saturated carbocycles. The summed E-state index contributed by atoms with van der Waals surface area (Å²) in [5.74, 6) is -0.0749. The highest BCUT2D eigenvalue weighted by Crippen LogP contribution is 2.14. The Labute approximate surface area is 115 Å². The molecule has 0 aromatic heterocycles. The number of hydrogen-bond donors (Lipinski definition) is 1. The van der Waals surface area contributed by atoms with Gasteiger partial charge in [-0.1, -0.05) is 62.8 Å². The summed E-state index contributed by atoms with van der Waals surface area (Å²) in [5.41, 5.74) is 0.560. The topological polar surface area (TPSA) is 29.1 Å². The summed E-state index contributed by atoms with van der Waals surface area (Å²) in [6.45, 7) is 2.94. The Morgan fingerprint density at radius 2 is 1.78 bits per heavy atom. The molecule has 1 amide bonds. The van der Waals surface area contributed by atoms with E-state index >= 15 is 0 Å². The molecule has 0 atom stereocenters. The van der Waals surface area contributed by atoms with Crippen LogP contribution in [0.1, 0.15) is 55.8 Å². The minimum absolute atomic E-state index is 0.0749. The Morgan fingerprint density at radius 3 is 2.50 bits per heavy atom. The van der Waals surface area contributed by atoms with Gasteiger partial charge in [-0.15, -0.1) is 0 Å². The lowest BCUT2D eigenvalue weighted by Gasteiger charge is -2.06.